The van der Waals surface area contributed by atoms with Gasteiger partial charge in [0.05, 0.1) is 11.3 Å². The van der Waals surface area contributed by atoms with Crippen molar-refractivity contribution in [1.29, 1.82) is 0 Å². The monoisotopic (exact) mass is 391 g/mol. The number of piperidine rings is 1. The quantitative estimate of drug-likeness (QED) is 0.619. The van der Waals surface area contributed by atoms with Gasteiger partial charge < -0.3 is 15.6 Å². The Kier molecular flexibility index (Phi) is 5.28. The number of H-pyrrole nitrogens is 1. The zero-order chi connectivity index (χ0) is 20.4. The Bertz CT molecular complexity index is 995. The topological polar surface area (TPSA) is 73.0 Å². The lowest BCUT2D eigenvalue weighted by Gasteiger charge is -2.46. The maximum absolute atomic E-state index is 12.4. The number of hydrogen-bond acceptors (Lipinski definition) is 4. The Balaban J connectivity index is 1.54. The Hall–Kier alpha value is -2.86. The third-order valence-corrected chi connectivity index (χ3v) is 5.97. The fourth-order valence-corrected chi connectivity index (χ4v) is 4.34. The van der Waals surface area contributed by atoms with E-state index in [4.69, 9.17) is 0 Å². The summed E-state index contributed by atoms with van der Waals surface area (Å²) in [6.07, 6.45) is 5.54. The number of nitrogens with one attached hydrogen (secondary N) is 3. The standard InChI is InChI=1S/C23H29N5O/c1-23(2)13-17(10-12-28(23)15-16-7-5-4-6-8-16)27-20-18-9-11-25-21(18)26-14-19(20)22(29)24-3/h4-9,11,14,17H,10,12-13,15H2,1-3H3,(H,24,29)(H2,25,26,27)/t17-/m1/s1. The molecular formula is C23H29N5O. The summed E-state index contributed by atoms with van der Waals surface area (Å²) in [5.41, 5.74) is 3.65. The smallest absolute Gasteiger partial charge is 0.254 e. The normalized spacial score (nSPS) is 19.2. The number of pyridine rings is 1. The maximum Gasteiger partial charge on any atom is 0.254 e. The molecule has 1 aromatic carbocycles. The maximum atomic E-state index is 12.4. The molecule has 152 valence electrons. The fourth-order valence-electron chi connectivity index (χ4n) is 4.34. The molecule has 1 aliphatic rings. The molecule has 3 aromatic rings. The van der Waals surface area contributed by atoms with Crippen LogP contribution in [-0.2, 0) is 6.54 Å². The van der Waals surface area contributed by atoms with E-state index in [0.29, 0.717) is 11.6 Å². The van der Waals surface area contributed by atoms with E-state index < -0.39 is 0 Å². The summed E-state index contributed by atoms with van der Waals surface area (Å²) >= 11 is 0. The Morgan fingerprint density at radius 1 is 1.28 bits per heavy atom. The van der Waals surface area contributed by atoms with E-state index in [1.54, 1.807) is 13.2 Å². The first kappa shape index (κ1) is 19.5. The van der Waals surface area contributed by atoms with Crippen LogP contribution in [-0.4, -0.2) is 45.9 Å². The van der Waals surface area contributed by atoms with Crippen LogP contribution in [0.5, 0.6) is 0 Å². The summed E-state index contributed by atoms with van der Waals surface area (Å²) in [6, 6.07) is 12.9. The van der Waals surface area contributed by atoms with Crippen LogP contribution in [0.25, 0.3) is 11.0 Å². The van der Waals surface area contributed by atoms with Crippen LogP contribution >= 0.6 is 0 Å². The van der Waals surface area contributed by atoms with Crippen LogP contribution in [0.15, 0.2) is 48.8 Å². The molecule has 1 atom stereocenters. The highest BCUT2D eigenvalue weighted by molar-refractivity contribution is 6.06. The minimum atomic E-state index is -0.121. The van der Waals surface area contributed by atoms with E-state index in [-0.39, 0.29) is 11.4 Å². The Morgan fingerprint density at radius 3 is 2.79 bits per heavy atom. The van der Waals surface area contributed by atoms with Crippen molar-refractivity contribution in [2.45, 2.75) is 44.8 Å². The molecule has 6 nitrogen and oxygen atoms in total. The lowest BCUT2D eigenvalue weighted by molar-refractivity contribution is 0.0630. The molecule has 0 bridgehead atoms. The second-order valence-corrected chi connectivity index (χ2v) is 8.42. The predicted octanol–water partition coefficient (Wildman–Crippen LogP) is 3.78. The molecule has 0 radical (unpaired) electrons. The molecule has 0 spiro atoms. The van der Waals surface area contributed by atoms with Crippen molar-refractivity contribution in [3.8, 4) is 0 Å². The van der Waals surface area contributed by atoms with Gasteiger partial charge in [0.15, 0.2) is 0 Å². The summed E-state index contributed by atoms with van der Waals surface area (Å²) < 4.78 is 0. The second kappa shape index (κ2) is 7.87. The third kappa shape index (κ3) is 3.98. The summed E-state index contributed by atoms with van der Waals surface area (Å²) in [6.45, 7) is 6.58. The average molecular weight is 392 g/mol. The van der Waals surface area contributed by atoms with E-state index >= 15 is 0 Å². The highest BCUT2D eigenvalue weighted by atomic mass is 16.1. The van der Waals surface area contributed by atoms with Gasteiger partial charge in [0, 0.05) is 49.5 Å². The SMILES string of the molecule is CNC(=O)c1cnc2[nH]ccc2c1N[C@@H]1CCN(Cc2ccccc2)C(C)(C)C1. The lowest BCUT2D eigenvalue weighted by atomic mass is 9.86. The van der Waals surface area contributed by atoms with Crippen molar-refractivity contribution >= 4 is 22.6 Å². The van der Waals surface area contributed by atoms with Crippen molar-refractivity contribution in [3.05, 3.63) is 59.9 Å². The van der Waals surface area contributed by atoms with Crippen LogP contribution in [0.2, 0.25) is 0 Å². The minimum absolute atomic E-state index is 0.0588. The van der Waals surface area contributed by atoms with Crippen LogP contribution in [0.1, 0.15) is 42.6 Å². The number of benzene rings is 1. The van der Waals surface area contributed by atoms with Crippen LogP contribution in [0.3, 0.4) is 0 Å². The largest absolute Gasteiger partial charge is 0.381 e. The van der Waals surface area contributed by atoms with Gasteiger partial charge in [0.25, 0.3) is 5.91 Å². The van der Waals surface area contributed by atoms with Crippen molar-refractivity contribution in [3.63, 3.8) is 0 Å². The molecule has 0 unspecified atom stereocenters. The number of anilines is 1. The highest BCUT2D eigenvalue weighted by Gasteiger charge is 2.35. The number of likely N-dealkylation sites (tertiary alicyclic amines) is 1. The molecule has 0 aliphatic carbocycles. The van der Waals surface area contributed by atoms with Crippen molar-refractivity contribution < 1.29 is 4.79 Å². The summed E-state index contributed by atoms with van der Waals surface area (Å²) in [5, 5.41) is 7.37. The lowest BCUT2D eigenvalue weighted by Crippen LogP contribution is -2.52. The molecule has 3 N–H and O–H groups in total. The van der Waals surface area contributed by atoms with E-state index in [1.165, 1.54) is 5.56 Å². The first-order valence-electron chi connectivity index (χ1n) is 10.2. The predicted molar refractivity (Wildman–Crippen MR) is 117 cm³/mol. The molecule has 2 aromatic heterocycles. The highest BCUT2D eigenvalue weighted by Crippen LogP contribution is 2.33. The van der Waals surface area contributed by atoms with Crippen LogP contribution in [0, 0.1) is 0 Å². The fraction of sp³-hybridized carbons (Fsp3) is 0.391. The van der Waals surface area contributed by atoms with E-state index in [2.05, 4.69) is 69.7 Å². The molecule has 1 aliphatic heterocycles. The Morgan fingerprint density at radius 2 is 2.07 bits per heavy atom. The van der Waals surface area contributed by atoms with E-state index in [9.17, 15) is 4.79 Å². The number of carbonyl (C=O) groups is 1. The second-order valence-electron chi connectivity index (χ2n) is 8.42. The molecule has 0 saturated carbocycles. The first-order valence-corrected chi connectivity index (χ1v) is 10.2. The van der Waals surface area contributed by atoms with Crippen molar-refractivity contribution in [2.75, 3.05) is 18.9 Å². The van der Waals surface area contributed by atoms with Gasteiger partial charge in [-0.2, -0.15) is 0 Å². The summed E-state index contributed by atoms with van der Waals surface area (Å²) in [5.74, 6) is -0.121. The third-order valence-electron chi connectivity index (χ3n) is 5.97. The van der Waals surface area contributed by atoms with Gasteiger partial charge in [0.2, 0.25) is 0 Å². The molecule has 4 rings (SSSR count). The van der Waals surface area contributed by atoms with Gasteiger partial charge in [-0.1, -0.05) is 30.3 Å². The number of aromatic nitrogens is 2. The molecule has 29 heavy (non-hydrogen) atoms. The van der Waals surface area contributed by atoms with Gasteiger partial charge in [-0.05, 0) is 38.3 Å². The number of carbonyl (C=O) groups excluding carboxylic acids is 1. The Labute approximate surface area is 171 Å². The van der Waals surface area contributed by atoms with Crippen LogP contribution in [0.4, 0.5) is 5.69 Å². The minimum Gasteiger partial charge on any atom is -0.381 e. The van der Waals surface area contributed by atoms with E-state index in [0.717, 1.165) is 42.7 Å². The molecule has 1 amide bonds. The molecule has 3 heterocycles. The van der Waals surface area contributed by atoms with Gasteiger partial charge in [-0.15, -0.1) is 0 Å². The van der Waals surface area contributed by atoms with Crippen molar-refractivity contribution in [1.82, 2.24) is 20.2 Å². The zero-order valence-corrected chi connectivity index (χ0v) is 17.3. The number of aromatic amines is 1. The number of rotatable bonds is 5. The zero-order valence-electron chi connectivity index (χ0n) is 17.3. The van der Waals surface area contributed by atoms with Gasteiger partial charge in [0.1, 0.15) is 5.65 Å². The number of fused-ring (bicyclic) bond motifs is 1. The van der Waals surface area contributed by atoms with Gasteiger partial charge in [-0.3, -0.25) is 9.69 Å². The molecular weight excluding hydrogens is 362 g/mol. The van der Waals surface area contributed by atoms with Crippen LogP contribution < -0.4 is 10.6 Å². The summed E-state index contributed by atoms with van der Waals surface area (Å²) in [4.78, 5) is 22.5. The number of hydrogen-bond donors (Lipinski definition) is 3. The van der Waals surface area contributed by atoms with Crippen molar-refractivity contribution in [2.24, 2.45) is 0 Å². The number of nitrogens with zero attached hydrogens (tertiary/aromatic N) is 2. The molecule has 1 saturated heterocycles. The van der Waals surface area contributed by atoms with Gasteiger partial charge in [-0.25, -0.2) is 4.98 Å². The first-order chi connectivity index (χ1) is 14.0. The summed E-state index contributed by atoms with van der Waals surface area (Å²) in [7, 11) is 1.65. The number of amides is 1. The molecule has 1 fully saturated rings. The van der Waals surface area contributed by atoms with Gasteiger partial charge >= 0.3 is 0 Å². The molecule has 6 heteroatoms. The average Bonchev–Trinajstić information content (AvgIpc) is 3.19. The van der Waals surface area contributed by atoms with E-state index in [1.807, 2.05) is 12.3 Å².